The largest absolute Gasteiger partial charge is 0.289 e. The van der Waals surface area contributed by atoms with Gasteiger partial charge in [-0.15, -0.1) is 0 Å². The van der Waals surface area contributed by atoms with Crippen molar-refractivity contribution in [2.75, 3.05) is 0 Å². The molecule has 0 heterocycles. The molecular weight excluding hydrogens is 324 g/mol. The molecule has 0 saturated carbocycles. The monoisotopic (exact) mass is 336 g/mol. The third kappa shape index (κ3) is 2.90. The molecule has 0 aliphatic rings. The van der Waals surface area contributed by atoms with Crippen molar-refractivity contribution in [3.05, 3.63) is 67.6 Å². The molecule has 0 atom stereocenters. The van der Waals surface area contributed by atoms with Gasteiger partial charge in [0.15, 0.2) is 5.78 Å². The van der Waals surface area contributed by atoms with Gasteiger partial charge in [0.1, 0.15) is 0 Å². The molecule has 19 heavy (non-hydrogen) atoms. The summed E-state index contributed by atoms with van der Waals surface area (Å²) in [5.74, 6) is 0.0438. The predicted octanol–water partition coefficient (Wildman–Crippen LogP) is 5.26. The fraction of sp³-hybridized carbons (Fsp3) is 0.188. The summed E-state index contributed by atoms with van der Waals surface area (Å²) < 4.78 is 0.977. The van der Waals surface area contributed by atoms with E-state index >= 15 is 0 Å². The van der Waals surface area contributed by atoms with Crippen molar-refractivity contribution in [1.29, 1.82) is 0 Å². The first kappa shape index (κ1) is 14.3. The smallest absolute Gasteiger partial charge is 0.193 e. The first-order valence-corrected chi connectivity index (χ1v) is 7.15. The number of benzene rings is 2. The van der Waals surface area contributed by atoms with E-state index in [2.05, 4.69) is 15.9 Å². The Bertz CT molecular complexity index is 662. The minimum absolute atomic E-state index is 0.0438. The Labute approximate surface area is 126 Å². The van der Waals surface area contributed by atoms with Gasteiger partial charge in [-0.2, -0.15) is 0 Å². The first-order valence-electron chi connectivity index (χ1n) is 5.97. The van der Waals surface area contributed by atoms with E-state index in [-0.39, 0.29) is 5.78 Å². The molecule has 1 nitrogen and oxygen atoms in total. The van der Waals surface area contributed by atoms with Gasteiger partial charge in [-0.3, -0.25) is 4.79 Å². The number of aryl methyl sites for hydroxylation is 3. The van der Waals surface area contributed by atoms with Crippen LogP contribution in [0.4, 0.5) is 0 Å². The number of hydrogen-bond donors (Lipinski definition) is 0. The number of ketones is 1. The van der Waals surface area contributed by atoms with Gasteiger partial charge in [0.2, 0.25) is 0 Å². The lowest BCUT2D eigenvalue weighted by Crippen LogP contribution is -2.06. The number of carbonyl (C=O) groups is 1. The van der Waals surface area contributed by atoms with Crippen LogP contribution in [-0.4, -0.2) is 5.78 Å². The number of hydrogen-bond acceptors (Lipinski definition) is 1. The van der Waals surface area contributed by atoms with Crippen LogP contribution >= 0.6 is 27.5 Å². The molecule has 0 radical (unpaired) electrons. The maximum Gasteiger partial charge on any atom is 0.193 e. The molecule has 0 aromatic heterocycles. The molecule has 0 N–H and O–H groups in total. The van der Waals surface area contributed by atoms with Gasteiger partial charge in [0, 0.05) is 20.6 Å². The van der Waals surface area contributed by atoms with E-state index in [0.717, 1.165) is 26.7 Å². The number of halogens is 2. The second kappa shape index (κ2) is 5.48. The summed E-state index contributed by atoms with van der Waals surface area (Å²) in [6.07, 6.45) is 0. The Hall–Kier alpha value is -1.12. The van der Waals surface area contributed by atoms with E-state index in [4.69, 9.17) is 11.6 Å². The zero-order valence-electron chi connectivity index (χ0n) is 11.1. The van der Waals surface area contributed by atoms with Crippen LogP contribution in [0.2, 0.25) is 5.02 Å². The molecule has 2 aromatic carbocycles. The second-order valence-corrected chi connectivity index (χ2v) is 6.03. The van der Waals surface area contributed by atoms with Gasteiger partial charge in [0.25, 0.3) is 0 Å². The summed E-state index contributed by atoms with van der Waals surface area (Å²) in [7, 11) is 0. The highest BCUT2D eigenvalue weighted by Crippen LogP contribution is 2.24. The van der Waals surface area contributed by atoms with Crippen molar-refractivity contribution < 1.29 is 4.79 Å². The molecule has 0 fully saturated rings. The minimum atomic E-state index is 0.0438. The van der Waals surface area contributed by atoms with Gasteiger partial charge < -0.3 is 0 Å². The topological polar surface area (TPSA) is 17.1 Å². The molecule has 0 saturated heterocycles. The molecule has 0 aliphatic carbocycles. The third-order valence-corrected chi connectivity index (χ3v) is 4.08. The zero-order valence-corrected chi connectivity index (χ0v) is 13.4. The molecule has 2 rings (SSSR count). The Morgan fingerprint density at radius 1 is 0.947 bits per heavy atom. The Morgan fingerprint density at radius 3 is 2.21 bits per heavy atom. The molecule has 0 bridgehead atoms. The van der Waals surface area contributed by atoms with Crippen molar-refractivity contribution >= 4 is 33.3 Å². The first-order chi connectivity index (χ1) is 8.90. The Balaban J connectivity index is 2.53. The fourth-order valence-corrected chi connectivity index (χ4v) is 2.75. The van der Waals surface area contributed by atoms with Crippen LogP contribution in [0.5, 0.6) is 0 Å². The molecule has 0 amide bonds. The van der Waals surface area contributed by atoms with E-state index in [9.17, 15) is 4.79 Å². The fourth-order valence-electron chi connectivity index (χ4n) is 2.05. The summed E-state index contributed by atoms with van der Waals surface area (Å²) in [6.45, 7) is 5.76. The normalized spacial score (nSPS) is 10.6. The quantitative estimate of drug-likeness (QED) is 0.683. The van der Waals surface area contributed by atoms with E-state index < -0.39 is 0 Å². The van der Waals surface area contributed by atoms with Crippen molar-refractivity contribution in [3.8, 4) is 0 Å². The summed E-state index contributed by atoms with van der Waals surface area (Å²) in [5.41, 5.74) is 4.24. The Kier molecular flexibility index (Phi) is 4.12. The highest BCUT2D eigenvalue weighted by molar-refractivity contribution is 9.10. The van der Waals surface area contributed by atoms with Crippen LogP contribution in [0.25, 0.3) is 0 Å². The highest BCUT2D eigenvalue weighted by atomic mass is 79.9. The average molecular weight is 338 g/mol. The van der Waals surface area contributed by atoms with Crippen molar-refractivity contribution in [2.45, 2.75) is 20.8 Å². The number of carbonyl (C=O) groups excluding carboxylic acids is 1. The predicted molar refractivity (Wildman–Crippen MR) is 83.2 cm³/mol. The van der Waals surface area contributed by atoms with Crippen molar-refractivity contribution in [1.82, 2.24) is 0 Å². The van der Waals surface area contributed by atoms with E-state index in [1.165, 1.54) is 0 Å². The second-order valence-electron chi connectivity index (χ2n) is 4.70. The maximum atomic E-state index is 12.6. The van der Waals surface area contributed by atoms with Gasteiger partial charge in [-0.25, -0.2) is 0 Å². The molecule has 0 aliphatic heterocycles. The summed E-state index contributed by atoms with van der Waals surface area (Å²) >= 11 is 9.48. The lowest BCUT2D eigenvalue weighted by molar-refractivity contribution is 0.103. The Morgan fingerprint density at radius 2 is 1.58 bits per heavy atom. The standard InChI is InChI=1S/C16H14BrClO/c1-9-6-12(17)4-5-13(9)16(19)14-7-11(3)15(18)8-10(14)2/h4-8H,1-3H3. The lowest BCUT2D eigenvalue weighted by Gasteiger charge is -2.10. The molecule has 0 spiro atoms. The minimum Gasteiger partial charge on any atom is -0.289 e. The van der Waals surface area contributed by atoms with Crippen LogP contribution in [-0.2, 0) is 0 Å². The van der Waals surface area contributed by atoms with Crippen LogP contribution in [0.3, 0.4) is 0 Å². The van der Waals surface area contributed by atoms with Crippen LogP contribution in [0, 0.1) is 20.8 Å². The van der Waals surface area contributed by atoms with E-state index in [1.807, 2.05) is 51.1 Å². The molecule has 0 unspecified atom stereocenters. The molecular formula is C16H14BrClO. The highest BCUT2D eigenvalue weighted by Gasteiger charge is 2.15. The van der Waals surface area contributed by atoms with Gasteiger partial charge >= 0.3 is 0 Å². The summed E-state index contributed by atoms with van der Waals surface area (Å²) in [5, 5.41) is 0.696. The van der Waals surface area contributed by atoms with Crippen LogP contribution in [0.1, 0.15) is 32.6 Å². The molecule has 98 valence electrons. The maximum absolute atomic E-state index is 12.6. The lowest BCUT2D eigenvalue weighted by atomic mass is 9.95. The van der Waals surface area contributed by atoms with Gasteiger partial charge in [-0.05, 0) is 67.8 Å². The van der Waals surface area contributed by atoms with Gasteiger partial charge in [-0.1, -0.05) is 27.5 Å². The summed E-state index contributed by atoms with van der Waals surface area (Å²) in [4.78, 5) is 12.6. The zero-order chi connectivity index (χ0) is 14.2. The number of rotatable bonds is 2. The SMILES string of the molecule is Cc1cc(C(=O)c2ccc(Br)cc2C)c(C)cc1Cl. The van der Waals surface area contributed by atoms with Gasteiger partial charge in [0.05, 0.1) is 0 Å². The summed E-state index contributed by atoms with van der Waals surface area (Å²) in [6, 6.07) is 9.40. The average Bonchev–Trinajstić information content (AvgIpc) is 2.33. The molecule has 3 heteroatoms. The van der Waals surface area contributed by atoms with Crippen molar-refractivity contribution in [2.24, 2.45) is 0 Å². The third-order valence-electron chi connectivity index (χ3n) is 3.18. The molecule has 2 aromatic rings. The van der Waals surface area contributed by atoms with Crippen LogP contribution < -0.4 is 0 Å². The van der Waals surface area contributed by atoms with E-state index in [0.29, 0.717) is 10.6 Å². The van der Waals surface area contributed by atoms with Crippen molar-refractivity contribution in [3.63, 3.8) is 0 Å². The van der Waals surface area contributed by atoms with Crippen LogP contribution in [0.15, 0.2) is 34.8 Å². The van der Waals surface area contributed by atoms with E-state index in [1.54, 1.807) is 0 Å².